The lowest BCUT2D eigenvalue weighted by molar-refractivity contribution is 0.0908. The predicted molar refractivity (Wildman–Crippen MR) is 69.9 cm³/mol. The topological polar surface area (TPSA) is 88.5 Å². The predicted octanol–water partition coefficient (Wildman–Crippen LogP) is 1.83. The molecule has 2 aromatic rings. The minimum absolute atomic E-state index is 0.135. The lowest BCUT2D eigenvalue weighted by Gasteiger charge is -2.14. The van der Waals surface area contributed by atoms with Crippen LogP contribution in [0, 0.1) is 5.92 Å². The minimum atomic E-state index is -0.314. The average Bonchev–Trinajstić information content (AvgIpc) is 3.17. The lowest BCUT2D eigenvalue weighted by atomic mass is 10.1. The number of nitrogens with one attached hydrogen (secondary N) is 1. The van der Waals surface area contributed by atoms with Crippen molar-refractivity contribution in [2.75, 3.05) is 6.54 Å². The number of furan rings is 1. The number of amides is 1. The fourth-order valence-corrected chi connectivity index (χ4v) is 2.49. The molecule has 2 N–H and O–H groups in total. The van der Waals surface area contributed by atoms with E-state index in [-0.39, 0.29) is 23.6 Å². The fourth-order valence-electron chi connectivity index (χ4n) is 2.49. The van der Waals surface area contributed by atoms with E-state index >= 15 is 0 Å². The van der Waals surface area contributed by atoms with Crippen molar-refractivity contribution >= 4 is 5.91 Å². The number of hydrogen-bond acceptors (Lipinski definition) is 5. The van der Waals surface area contributed by atoms with E-state index in [4.69, 9.17) is 8.94 Å². The molecule has 1 aliphatic rings. The molecule has 6 heteroatoms. The van der Waals surface area contributed by atoms with Gasteiger partial charge >= 0.3 is 0 Å². The Morgan fingerprint density at radius 2 is 2.35 bits per heavy atom. The van der Waals surface area contributed by atoms with Gasteiger partial charge in [-0.15, -0.1) is 0 Å². The van der Waals surface area contributed by atoms with Gasteiger partial charge in [0.25, 0.3) is 5.91 Å². The van der Waals surface area contributed by atoms with Crippen LogP contribution >= 0.6 is 0 Å². The van der Waals surface area contributed by atoms with Gasteiger partial charge < -0.3 is 19.4 Å². The van der Waals surface area contributed by atoms with E-state index in [9.17, 15) is 9.90 Å². The second-order valence-corrected chi connectivity index (χ2v) is 5.02. The molecule has 0 aromatic carbocycles. The second kappa shape index (κ2) is 5.50. The molecule has 1 aliphatic carbocycles. The van der Waals surface area contributed by atoms with E-state index in [2.05, 4.69) is 10.5 Å². The van der Waals surface area contributed by atoms with E-state index < -0.39 is 0 Å². The summed E-state index contributed by atoms with van der Waals surface area (Å²) in [6.45, 7) is 0.461. The molecule has 2 unspecified atom stereocenters. The normalized spacial score (nSPS) is 22.1. The van der Waals surface area contributed by atoms with Crippen LogP contribution in [0.5, 0.6) is 0 Å². The van der Waals surface area contributed by atoms with Crippen molar-refractivity contribution in [2.45, 2.75) is 25.4 Å². The molecule has 0 spiro atoms. The van der Waals surface area contributed by atoms with Gasteiger partial charge in [-0.1, -0.05) is 11.6 Å². The van der Waals surface area contributed by atoms with Gasteiger partial charge in [0, 0.05) is 18.5 Å². The third kappa shape index (κ3) is 2.60. The van der Waals surface area contributed by atoms with Gasteiger partial charge in [0.1, 0.15) is 0 Å². The highest BCUT2D eigenvalue weighted by atomic mass is 16.5. The number of hydrogen-bond donors (Lipinski definition) is 2. The van der Waals surface area contributed by atoms with Crippen LogP contribution in [-0.2, 0) is 0 Å². The van der Waals surface area contributed by atoms with Gasteiger partial charge in [0.15, 0.2) is 11.5 Å². The van der Waals surface area contributed by atoms with Crippen molar-refractivity contribution in [3.8, 4) is 11.5 Å². The Morgan fingerprint density at radius 1 is 1.45 bits per heavy atom. The van der Waals surface area contributed by atoms with Crippen LogP contribution in [0.3, 0.4) is 0 Å². The Morgan fingerprint density at radius 3 is 3.05 bits per heavy atom. The summed E-state index contributed by atoms with van der Waals surface area (Å²) in [5.41, 5.74) is 0.212. The summed E-state index contributed by atoms with van der Waals surface area (Å²) < 4.78 is 10.2. The molecule has 2 atom stereocenters. The van der Waals surface area contributed by atoms with Crippen molar-refractivity contribution in [3.63, 3.8) is 0 Å². The summed E-state index contributed by atoms with van der Waals surface area (Å²) in [5.74, 6) is 0.782. The Balaban J connectivity index is 1.60. The highest BCUT2D eigenvalue weighted by Gasteiger charge is 2.26. The first kappa shape index (κ1) is 12.9. The highest BCUT2D eigenvalue weighted by Crippen LogP contribution is 2.25. The quantitative estimate of drug-likeness (QED) is 0.889. The summed E-state index contributed by atoms with van der Waals surface area (Å²) in [6, 6.07) is 5.01. The van der Waals surface area contributed by atoms with Gasteiger partial charge in [-0.05, 0) is 25.0 Å². The molecule has 2 aromatic heterocycles. The summed E-state index contributed by atoms with van der Waals surface area (Å²) in [5, 5.41) is 16.2. The molecule has 0 saturated heterocycles. The van der Waals surface area contributed by atoms with Crippen LogP contribution in [0.2, 0.25) is 0 Å². The Hall–Kier alpha value is -2.08. The molecule has 0 radical (unpaired) electrons. The van der Waals surface area contributed by atoms with Gasteiger partial charge in [0.2, 0.25) is 5.76 Å². The summed E-state index contributed by atoms with van der Waals surface area (Å²) in [7, 11) is 0. The van der Waals surface area contributed by atoms with Gasteiger partial charge in [0.05, 0.1) is 12.4 Å². The monoisotopic (exact) mass is 276 g/mol. The molecular weight excluding hydrogens is 260 g/mol. The number of aromatic nitrogens is 1. The molecule has 1 fully saturated rings. The zero-order valence-corrected chi connectivity index (χ0v) is 10.9. The van der Waals surface area contributed by atoms with E-state index in [1.807, 2.05) is 0 Å². The molecule has 106 valence electrons. The summed E-state index contributed by atoms with van der Waals surface area (Å²) >= 11 is 0. The van der Waals surface area contributed by atoms with Gasteiger partial charge in [-0.2, -0.15) is 0 Å². The first-order valence-corrected chi connectivity index (χ1v) is 6.71. The number of carbonyl (C=O) groups excluding carboxylic acids is 1. The maximum absolute atomic E-state index is 11.9. The van der Waals surface area contributed by atoms with Crippen LogP contribution in [0.25, 0.3) is 11.5 Å². The van der Waals surface area contributed by atoms with Crippen molar-refractivity contribution in [1.29, 1.82) is 0 Å². The molecule has 0 aliphatic heterocycles. The molecule has 3 rings (SSSR count). The molecule has 1 amide bonds. The summed E-state index contributed by atoms with van der Waals surface area (Å²) in [6.07, 6.45) is 3.98. The Labute approximate surface area is 115 Å². The first-order valence-electron chi connectivity index (χ1n) is 6.71. The minimum Gasteiger partial charge on any atom is -0.461 e. The van der Waals surface area contributed by atoms with Crippen LogP contribution in [0.1, 0.15) is 29.8 Å². The van der Waals surface area contributed by atoms with E-state index in [1.54, 1.807) is 18.2 Å². The van der Waals surface area contributed by atoms with E-state index in [0.717, 1.165) is 19.3 Å². The standard InChI is InChI=1S/C14H16N2O4/c17-11-4-1-3-9(11)8-15-14(18)10-7-13(20-16-10)12-5-2-6-19-12/h2,5-7,9,11,17H,1,3-4,8H2,(H,15,18). The zero-order valence-electron chi connectivity index (χ0n) is 10.9. The smallest absolute Gasteiger partial charge is 0.273 e. The maximum atomic E-state index is 11.9. The lowest BCUT2D eigenvalue weighted by Crippen LogP contribution is -2.32. The number of nitrogens with zero attached hydrogens (tertiary/aromatic N) is 1. The molecular formula is C14H16N2O4. The number of aliphatic hydroxyl groups excluding tert-OH is 1. The molecule has 1 saturated carbocycles. The average molecular weight is 276 g/mol. The number of aliphatic hydroxyl groups is 1. The Bertz CT molecular complexity index is 576. The Kier molecular flexibility index (Phi) is 3.56. The van der Waals surface area contributed by atoms with E-state index in [1.165, 1.54) is 6.26 Å². The number of carbonyl (C=O) groups is 1. The maximum Gasteiger partial charge on any atom is 0.273 e. The third-order valence-electron chi connectivity index (χ3n) is 3.65. The van der Waals surface area contributed by atoms with Crippen molar-refractivity contribution in [2.24, 2.45) is 5.92 Å². The molecule has 2 heterocycles. The second-order valence-electron chi connectivity index (χ2n) is 5.02. The molecule has 6 nitrogen and oxygen atoms in total. The largest absolute Gasteiger partial charge is 0.461 e. The molecule has 20 heavy (non-hydrogen) atoms. The highest BCUT2D eigenvalue weighted by molar-refractivity contribution is 5.92. The molecule has 0 bridgehead atoms. The van der Waals surface area contributed by atoms with E-state index in [0.29, 0.717) is 18.1 Å². The zero-order chi connectivity index (χ0) is 13.9. The first-order chi connectivity index (χ1) is 9.74. The number of rotatable bonds is 4. The van der Waals surface area contributed by atoms with Crippen LogP contribution < -0.4 is 5.32 Å². The van der Waals surface area contributed by atoms with Gasteiger partial charge in [-0.25, -0.2) is 0 Å². The van der Waals surface area contributed by atoms with Gasteiger partial charge in [-0.3, -0.25) is 4.79 Å². The van der Waals surface area contributed by atoms with Crippen molar-refractivity contribution in [1.82, 2.24) is 10.5 Å². The van der Waals surface area contributed by atoms with Crippen LogP contribution in [0.15, 0.2) is 33.4 Å². The third-order valence-corrected chi connectivity index (χ3v) is 3.65. The summed E-state index contributed by atoms with van der Waals surface area (Å²) in [4.78, 5) is 11.9. The van der Waals surface area contributed by atoms with Crippen molar-refractivity contribution < 1.29 is 18.8 Å². The van der Waals surface area contributed by atoms with Crippen LogP contribution in [0.4, 0.5) is 0 Å². The van der Waals surface area contributed by atoms with Crippen LogP contribution in [-0.4, -0.2) is 28.8 Å². The van der Waals surface area contributed by atoms with Crippen molar-refractivity contribution in [3.05, 3.63) is 30.2 Å². The SMILES string of the molecule is O=C(NCC1CCCC1O)c1cc(-c2ccco2)on1. The fraction of sp³-hybridized carbons (Fsp3) is 0.429.